The average molecular weight is 301 g/mol. The number of thiazole rings is 1. The van der Waals surface area contributed by atoms with Crippen LogP contribution in [0.15, 0.2) is 59.5 Å². The van der Waals surface area contributed by atoms with Crippen molar-refractivity contribution < 1.29 is 4.79 Å². The molecule has 0 bridgehead atoms. The Labute approximate surface area is 124 Å². The summed E-state index contributed by atoms with van der Waals surface area (Å²) >= 11 is 2.72. The summed E-state index contributed by atoms with van der Waals surface area (Å²) in [4.78, 5) is 17.1. The number of para-hydroxylation sites is 1. The normalized spacial score (nSPS) is 10.4. The molecule has 0 aliphatic heterocycles. The molecular formula is C14H11N3OS2. The van der Waals surface area contributed by atoms with Crippen LogP contribution in [0.3, 0.4) is 0 Å². The number of amides is 2. The second-order valence-electron chi connectivity index (χ2n) is 3.96. The number of carbonyl (C=O) groups is 1. The maximum Gasteiger partial charge on any atom is 0.331 e. The van der Waals surface area contributed by atoms with E-state index in [1.165, 1.54) is 23.3 Å². The molecule has 2 amide bonds. The highest BCUT2D eigenvalue weighted by Gasteiger charge is 2.07. The second kappa shape index (κ2) is 5.94. The van der Waals surface area contributed by atoms with Gasteiger partial charge < -0.3 is 0 Å². The lowest BCUT2D eigenvalue weighted by Crippen LogP contribution is -2.22. The molecule has 4 nitrogen and oxygen atoms in total. The molecule has 0 aliphatic rings. The highest BCUT2D eigenvalue weighted by Crippen LogP contribution is 2.25. The zero-order valence-electron chi connectivity index (χ0n) is 10.4. The maximum absolute atomic E-state index is 11.8. The van der Waals surface area contributed by atoms with Crippen LogP contribution in [0.1, 0.15) is 0 Å². The molecule has 0 saturated carbocycles. The monoisotopic (exact) mass is 301 g/mol. The number of anilines is 1. The number of nitrogens with zero attached hydrogens (tertiary/aromatic N) is 1. The van der Waals surface area contributed by atoms with Gasteiger partial charge in [0.1, 0.15) is 0 Å². The van der Waals surface area contributed by atoms with E-state index in [1.807, 2.05) is 54.6 Å². The number of rotatable bonds is 3. The van der Waals surface area contributed by atoms with Crippen LogP contribution >= 0.6 is 23.3 Å². The Kier molecular flexibility index (Phi) is 3.85. The first-order valence-corrected chi connectivity index (χ1v) is 7.59. The summed E-state index contributed by atoms with van der Waals surface area (Å²) < 4.78 is 3.78. The molecule has 0 unspecified atom stereocenters. The minimum absolute atomic E-state index is 0.280. The van der Waals surface area contributed by atoms with Crippen LogP contribution in [0.4, 0.5) is 9.93 Å². The molecule has 0 radical (unpaired) electrons. The Balaban J connectivity index is 1.61. The van der Waals surface area contributed by atoms with E-state index in [1.54, 1.807) is 0 Å². The van der Waals surface area contributed by atoms with E-state index in [2.05, 4.69) is 15.0 Å². The first-order valence-electron chi connectivity index (χ1n) is 5.96. The summed E-state index contributed by atoms with van der Waals surface area (Å²) in [6.45, 7) is 0. The molecule has 6 heteroatoms. The Morgan fingerprint density at radius 2 is 1.80 bits per heavy atom. The Morgan fingerprint density at radius 1 is 1.05 bits per heavy atom. The van der Waals surface area contributed by atoms with Crippen molar-refractivity contribution in [3.8, 4) is 0 Å². The fourth-order valence-corrected chi connectivity index (χ4v) is 3.06. The van der Waals surface area contributed by atoms with Crippen LogP contribution in [0.25, 0.3) is 10.2 Å². The molecule has 0 aliphatic carbocycles. The van der Waals surface area contributed by atoms with Crippen LogP contribution in [0.2, 0.25) is 0 Å². The second-order valence-corrected chi connectivity index (χ2v) is 5.87. The predicted molar refractivity (Wildman–Crippen MR) is 84.1 cm³/mol. The van der Waals surface area contributed by atoms with Crippen LogP contribution in [0, 0.1) is 0 Å². The van der Waals surface area contributed by atoms with Gasteiger partial charge in [0.2, 0.25) is 0 Å². The van der Waals surface area contributed by atoms with Crippen molar-refractivity contribution in [2.24, 2.45) is 0 Å². The zero-order chi connectivity index (χ0) is 13.8. The quantitative estimate of drug-likeness (QED) is 0.715. The SMILES string of the molecule is O=C(NSc1ccccc1)Nc1nc2ccccc2s1. The number of hydrogen-bond donors (Lipinski definition) is 2. The molecule has 3 rings (SSSR count). The van der Waals surface area contributed by atoms with Crippen molar-refractivity contribution in [2.75, 3.05) is 5.32 Å². The number of benzene rings is 2. The van der Waals surface area contributed by atoms with Gasteiger partial charge in [-0.1, -0.05) is 41.7 Å². The first-order chi connectivity index (χ1) is 9.81. The highest BCUT2D eigenvalue weighted by atomic mass is 32.2. The summed E-state index contributed by atoms with van der Waals surface area (Å²) in [5, 5.41) is 3.33. The topological polar surface area (TPSA) is 54.0 Å². The number of aromatic nitrogens is 1. The van der Waals surface area contributed by atoms with Crippen molar-refractivity contribution >= 4 is 44.7 Å². The van der Waals surface area contributed by atoms with Crippen LogP contribution in [-0.2, 0) is 0 Å². The van der Waals surface area contributed by atoms with Gasteiger partial charge in [-0.15, -0.1) is 0 Å². The maximum atomic E-state index is 11.8. The summed E-state index contributed by atoms with van der Waals surface area (Å²) in [6.07, 6.45) is 0. The minimum Gasteiger partial charge on any atom is -0.283 e. The molecule has 1 heterocycles. The lowest BCUT2D eigenvalue weighted by molar-refractivity contribution is 0.257. The molecule has 0 fully saturated rings. The summed E-state index contributed by atoms with van der Waals surface area (Å²) in [5.74, 6) is 0. The molecular weight excluding hydrogens is 290 g/mol. The summed E-state index contributed by atoms with van der Waals surface area (Å²) in [6, 6.07) is 17.2. The third-order valence-electron chi connectivity index (χ3n) is 2.52. The standard InChI is InChI=1S/C14H11N3OS2/c18-13(17-20-10-6-2-1-3-7-10)16-14-15-11-8-4-5-9-12(11)19-14/h1-9H,(H2,15,16,17,18). The Morgan fingerprint density at radius 3 is 2.60 bits per heavy atom. The van der Waals surface area contributed by atoms with Gasteiger partial charge in [-0.3, -0.25) is 10.0 Å². The third kappa shape index (κ3) is 3.09. The van der Waals surface area contributed by atoms with E-state index >= 15 is 0 Å². The molecule has 1 aromatic heterocycles. The molecule has 0 atom stereocenters. The van der Waals surface area contributed by atoms with Crippen LogP contribution in [-0.4, -0.2) is 11.0 Å². The predicted octanol–water partition coefficient (Wildman–Crippen LogP) is 4.13. The van der Waals surface area contributed by atoms with Crippen molar-refractivity contribution in [3.05, 3.63) is 54.6 Å². The van der Waals surface area contributed by atoms with Gasteiger partial charge in [0.05, 0.1) is 10.2 Å². The summed E-state index contributed by atoms with van der Waals surface area (Å²) in [5.41, 5.74) is 0.892. The highest BCUT2D eigenvalue weighted by molar-refractivity contribution is 7.98. The van der Waals surface area contributed by atoms with E-state index in [0.29, 0.717) is 5.13 Å². The fourth-order valence-electron chi connectivity index (χ4n) is 1.64. The van der Waals surface area contributed by atoms with E-state index in [4.69, 9.17) is 0 Å². The van der Waals surface area contributed by atoms with E-state index in [9.17, 15) is 4.79 Å². The molecule has 100 valence electrons. The molecule has 2 N–H and O–H groups in total. The largest absolute Gasteiger partial charge is 0.331 e. The van der Waals surface area contributed by atoms with Gasteiger partial charge >= 0.3 is 6.03 Å². The van der Waals surface area contributed by atoms with Crippen molar-refractivity contribution in [2.45, 2.75) is 4.90 Å². The average Bonchev–Trinajstić information content (AvgIpc) is 2.88. The Hall–Kier alpha value is -2.05. The van der Waals surface area contributed by atoms with Gasteiger partial charge in [-0.25, -0.2) is 9.78 Å². The minimum atomic E-state index is -0.280. The van der Waals surface area contributed by atoms with Gasteiger partial charge in [0.15, 0.2) is 5.13 Å². The van der Waals surface area contributed by atoms with E-state index in [-0.39, 0.29) is 6.03 Å². The van der Waals surface area contributed by atoms with Crippen molar-refractivity contribution in [3.63, 3.8) is 0 Å². The molecule has 0 saturated heterocycles. The Bertz CT molecular complexity index is 694. The fraction of sp³-hybridized carbons (Fsp3) is 0. The number of carbonyl (C=O) groups excluding carboxylic acids is 1. The van der Waals surface area contributed by atoms with Gasteiger partial charge in [-0.2, -0.15) is 0 Å². The van der Waals surface area contributed by atoms with Gasteiger partial charge in [-0.05, 0) is 36.2 Å². The molecule has 20 heavy (non-hydrogen) atoms. The van der Waals surface area contributed by atoms with E-state index in [0.717, 1.165) is 15.1 Å². The van der Waals surface area contributed by atoms with Crippen molar-refractivity contribution in [1.82, 2.24) is 9.71 Å². The molecule has 2 aromatic carbocycles. The summed E-state index contributed by atoms with van der Waals surface area (Å²) in [7, 11) is 0. The van der Waals surface area contributed by atoms with Crippen molar-refractivity contribution in [1.29, 1.82) is 0 Å². The number of fused-ring (bicyclic) bond motifs is 1. The van der Waals surface area contributed by atoms with Crippen LogP contribution < -0.4 is 10.0 Å². The number of nitrogens with one attached hydrogen (secondary N) is 2. The number of urea groups is 1. The van der Waals surface area contributed by atoms with Gasteiger partial charge in [0, 0.05) is 4.90 Å². The smallest absolute Gasteiger partial charge is 0.283 e. The molecule has 3 aromatic rings. The molecule has 0 spiro atoms. The van der Waals surface area contributed by atoms with Gasteiger partial charge in [0.25, 0.3) is 0 Å². The number of hydrogen-bond acceptors (Lipinski definition) is 4. The lowest BCUT2D eigenvalue weighted by atomic mass is 10.3. The third-order valence-corrected chi connectivity index (χ3v) is 4.27. The van der Waals surface area contributed by atoms with Crippen LogP contribution in [0.5, 0.6) is 0 Å². The van der Waals surface area contributed by atoms with E-state index < -0.39 is 0 Å². The zero-order valence-corrected chi connectivity index (χ0v) is 12.0. The lowest BCUT2D eigenvalue weighted by Gasteiger charge is -2.03. The first kappa shape index (κ1) is 13.0.